The van der Waals surface area contributed by atoms with Crippen LogP contribution in [-0.4, -0.2) is 36.4 Å². The SMILES string of the molecule is CN(C)C(CNC(=O)c1cnc(-c2cccs2)s1)c1ccccc1. The van der Waals surface area contributed by atoms with Crippen LogP contribution in [0.4, 0.5) is 0 Å². The topological polar surface area (TPSA) is 45.2 Å². The van der Waals surface area contributed by atoms with Crippen LogP contribution in [0, 0.1) is 0 Å². The number of likely N-dealkylation sites (N-methyl/N-ethyl adjacent to an activating group) is 1. The first-order valence-corrected chi connectivity index (χ1v) is 9.34. The molecule has 1 unspecified atom stereocenters. The van der Waals surface area contributed by atoms with Gasteiger partial charge < -0.3 is 10.2 Å². The van der Waals surface area contributed by atoms with Crippen LogP contribution in [0.3, 0.4) is 0 Å². The third kappa shape index (κ3) is 3.90. The molecule has 0 aliphatic carbocycles. The molecule has 0 bridgehead atoms. The van der Waals surface area contributed by atoms with E-state index in [1.54, 1.807) is 17.5 Å². The Labute approximate surface area is 149 Å². The van der Waals surface area contributed by atoms with E-state index in [2.05, 4.69) is 27.3 Å². The lowest BCUT2D eigenvalue weighted by atomic mass is 10.1. The Morgan fingerprint density at radius 1 is 1.21 bits per heavy atom. The van der Waals surface area contributed by atoms with Crippen molar-refractivity contribution < 1.29 is 4.79 Å². The van der Waals surface area contributed by atoms with Gasteiger partial charge in [0, 0.05) is 6.54 Å². The van der Waals surface area contributed by atoms with E-state index in [1.807, 2.05) is 49.8 Å². The number of thiophene rings is 1. The van der Waals surface area contributed by atoms with Gasteiger partial charge in [0.05, 0.1) is 17.1 Å². The minimum absolute atomic E-state index is 0.0712. The molecule has 0 saturated carbocycles. The summed E-state index contributed by atoms with van der Waals surface area (Å²) < 4.78 is 0. The first kappa shape index (κ1) is 16.8. The van der Waals surface area contributed by atoms with Gasteiger partial charge in [0.25, 0.3) is 5.91 Å². The van der Waals surface area contributed by atoms with Crippen LogP contribution < -0.4 is 5.32 Å². The maximum atomic E-state index is 12.4. The predicted octanol–water partition coefficient (Wildman–Crippen LogP) is 3.90. The van der Waals surface area contributed by atoms with Gasteiger partial charge in [0.15, 0.2) is 0 Å². The summed E-state index contributed by atoms with van der Waals surface area (Å²) in [6.07, 6.45) is 1.65. The Morgan fingerprint density at radius 2 is 2.00 bits per heavy atom. The molecule has 6 heteroatoms. The summed E-state index contributed by atoms with van der Waals surface area (Å²) in [5, 5.41) is 5.93. The van der Waals surface area contributed by atoms with Gasteiger partial charge >= 0.3 is 0 Å². The van der Waals surface area contributed by atoms with Crippen LogP contribution in [0.25, 0.3) is 9.88 Å². The molecule has 2 aromatic heterocycles. The summed E-state index contributed by atoms with van der Waals surface area (Å²) in [5.74, 6) is -0.0712. The fraction of sp³-hybridized carbons (Fsp3) is 0.222. The van der Waals surface area contributed by atoms with E-state index in [4.69, 9.17) is 0 Å². The molecule has 1 atom stereocenters. The van der Waals surface area contributed by atoms with Crippen molar-refractivity contribution in [3.05, 3.63) is 64.5 Å². The maximum Gasteiger partial charge on any atom is 0.263 e. The van der Waals surface area contributed by atoms with Crippen LogP contribution in [0.2, 0.25) is 0 Å². The molecule has 0 aliphatic heterocycles. The molecule has 3 rings (SSSR count). The molecule has 2 heterocycles. The summed E-state index contributed by atoms with van der Waals surface area (Å²) in [6, 6.07) is 14.3. The van der Waals surface area contributed by atoms with Crippen molar-refractivity contribution in [1.29, 1.82) is 0 Å². The van der Waals surface area contributed by atoms with Crippen molar-refractivity contribution in [3.63, 3.8) is 0 Å². The minimum atomic E-state index is -0.0712. The molecule has 0 aliphatic rings. The van der Waals surface area contributed by atoms with Crippen molar-refractivity contribution in [2.24, 2.45) is 0 Å². The lowest BCUT2D eigenvalue weighted by Crippen LogP contribution is -2.34. The second-order valence-corrected chi connectivity index (χ2v) is 7.59. The summed E-state index contributed by atoms with van der Waals surface area (Å²) >= 11 is 3.06. The van der Waals surface area contributed by atoms with Gasteiger partial charge in [-0.15, -0.1) is 22.7 Å². The molecule has 1 aromatic carbocycles. The number of hydrogen-bond acceptors (Lipinski definition) is 5. The highest BCUT2D eigenvalue weighted by molar-refractivity contribution is 7.21. The second-order valence-electron chi connectivity index (χ2n) is 5.61. The number of nitrogens with one attached hydrogen (secondary N) is 1. The lowest BCUT2D eigenvalue weighted by molar-refractivity contribution is 0.0946. The number of carbonyl (C=O) groups is 1. The Hall–Kier alpha value is -2.02. The van der Waals surface area contributed by atoms with Crippen molar-refractivity contribution in [2.45, 2.75) is 6.04 Å². The Morgan fingerprint density at radius 3 is 2.67 bits per heavy atom. The number of hydrogen-bond donors (Lipinski definition) is 1. The second kappa shape index (κ2) is 7.70. The molecule has 0 saturated heterocycles. The lowest BCUT2D eigenvalue weighted by Gasteiger charge is -2.25. The van der Waals surface area contributed by atoms with Crippen LogP contribution in [0.5, 0.6) is 0 Å². The van der Waals surface area contributed by atoms with Crippen LogP contribution in [0.15, 0.2) is 54.0 Å². The van der Waals surface area contributed by atoms with E-state index < -0.39 is 0 Å². The molecule has 24 heavy (non-hydrogen) atoms. The van der Waals surface area contributed by atoms with Gasteiger partial charge in [-0.1, -0.05) is 36.4 Å². The molecule has 0 fully saturated rings. The molecule has 124 valence electrons. The first-order valence-electron chi connectivity index (χ1n) is 7.64. The smallest absolute Gasteiger partial charge is 0.263 e. The van der Waals surface area contributed by atoms with Crippen molar-refractivity contribution >= 4 is 28.6 Å². The highest BCUT2D eigenvalue weighted by Crippen LogP contribution is 2.28. The monoisotopic (exact) mass is 357 g/mol. The van der Waals surface area contributed by atoms with E-state index >= 15 is 0 Å². The van der Waals surface area contributed by atoms with Crippen LogP contribution >= 0.6 is 22.7 Å². The van der Waals surface area contributed by atoms with Gasteiger partial charge in [0.2, 0.25) is 0 Å². The Bertz CT molecular complexity index is 782. The van der Waals surface area contributed by atoms with E-state index in [0.717, 1.165) is 9.88 Å². The number of aromatic nitrogens is 1. The van der Waals surface area contributed by atoms with Crippen molar-refractivity contribution in [2.75, 3.05) is 20.6 Å². The molecule has 4 nitrogen and oxygen atoms in total. The third-order valence-corrected chi connectivity index (χ3v) is 5.76. The molecular weight excluding hydrogens is 338 g/mol. The quantitative estimate of drug-likeness (QED) is 0.728. The summed E-state index contributed by atoms with van der Waals surface area (Å²) in [6.45, 7) is 0.558. The van der Waals surface area contributed by atoms with Gasteiger partial charge in [-0.05, 0) is 31.1 Å². The molecule has 1 amide bonds. The van der Waals surface area contributed by atoms with Crippen molar-refractivity contribution in [3.8, 4) is 9.88 Å². The summed E-state index contributed by atoms with van der Waals surface area (Å²) in [5.41, 5.74) is 1.19. The van der Waals surface area contributed by atoms with Crippen LogP contribution in [-0.2, 0) is 0 Å². The highest BCUT2D eigenvalue weighted by atomic mass is 32.1. The fourth-order valence-corrected chi connectivity index (χ4v) is 4.08. The molecule has 3 aromatic rings. The number of rotatable bonds is 6. The van der Waals surface area contributed by atoms with Crippen LogP contribution in [0.1, 0.15) is 21.3 Å². The Kier molecular flexibility index (Phi) is 5.40. The summed E-state index contributed by atoms with van der Waals surface area (Å²) in [4.78, 5) is 20.6. The van der Waals surface area contributed by atoms with E-state index in [-0.39, 0.29) is 11.9 Å². The molecule has 0 spiro atoms. The third-order valence-electron chi connectivity index (χ3n) is 3.73. The van der Waals surface area contributed by atoms with E-state index in [9.17, 15) is 4.79 Å². The summed E-state index contributed by atoms with van der Waals surface area (Å²) in [7, 11) is 4.04. The fourth-order valence-electron chi connectivity index (χ4n) is 2.44. The number of benzene rings is 1. The largest absolute Gasteiger partial charge is 0.349 e. The molecule has 1 N–H and O–H groups in total. The average Bonchev–Trinajstić information content (AvgIpc) is 3.27. The van der Waals surface area contributed by atoms with Gasteiger partial charge in [-0.25, -0.2) is 4.98 Å². The molecule has 0 radical (unpaired) electrons. The predicted molar refractivity (Wildman–Crippen MR) is 101 cm³/mol. The standard InChI is InChI=1S/C18H19N3OS2/c1-21(2)14(13-7-4-3-5-8-13)11-19-17(22)16-12-20-18(24-16)15-9-6-10-23-15/h3-10,12,14H,11H2,1-2H3,(H,19,22). The maximum absolute atomic E-state index is 12.4. The zero-order valence-electron chi connectivity index (χ0n) is 13.6. The van der Waals surface area contributed by atoms with E-state index in [1.165, 1.54) is 16.9 Å². The number of amides is 1. The highest BCUT2D eigenvalue weighted by Gasteiger charge is 2.17. The first-order chi connectivity index (χ1) is 11.6. The van der Waals surface area contributed by atoms with Crippen molar-refractivity contribution in [1.82, 2.24) is 15.2 Å². The number of carbonyl (C=O) groups excluding carboxylic acids is 1. The molecular formula is C18H19N3OS2. The zero-order chi connectivity index (χ0) is 16.9. The normalized spacial score (nSPS) is 12.3. The zero-order valence-corrected chi connectivity index (χ0v) is 15.2. The van der Waals surface area contributed by atoms with Gasteiger partial charge in [-0.2, -0.15) is 0 Å². The van der Waals surface area contributed by atoms with Gasteiger partial charge in [0.1, 0.15) is 9.88 Å². The average molecular weight is 358 g/mol. The number of thiazole rings is 1. The van der Waals surface area contributed by atoms with E-state index in [0.29, 0.717) is 11.4 Å². The Balaban J connectivity index is 1.66. The minimum Gasteiger partial charge on any atom is -0.349 e. The number of nitrogens with zero attached hydrogens (tertiary/aromatic N) is 2. The van der Waals surface area contributed by atoms with Gasteiger partial charge in [-0.3, -0.25) is 4.79 Å².